The summed E-state index contributed by atoms with van der Waals surface area (Å²) in [6.07, 6.45) is 10.7. The van der Waals surface area contributed by atoms with Crippen LogP contribution in [0.3, 0.4) is 0 Å². The number of hydrogen-bond donors (Lipinski definition) is 1. The van der Waals surface area contributed by atoms with Gasteiger partial charge in [-0.1, -0.05) is 18.9 Å². The van der Waals surface area contributed by atoms with E-state index in [1.54, 1.807) is 10.9 Å². The standard InChI is InChI=1S/C13H20N2O/c1-15-12(9-10-14-15)13(16)11-7-5-3-2-4-6-8-11/h7,9-10,13,16H,2-6,8H2,1H3/b11-7+. The molecule has 0 aliphatic heterocycles. The molecule has 16 heavy (non-hydrogen) atoms. The van der Waals surface area contributed by atoms with Crippen LogP contribution in [0, 0.1) is 0 Å². The SMILES string of the molecule is Cn1nccc1C(O)/C1=C/CCCCCC1. The number of nitrogens with zero attached hydrogens (tertiary/aromatic N) is 2. The third-order valence-corrected chi connectivity index (χ3v) is 3.32. The first-order valence-corrected chi connectivity index (χ1v) is 6.14. The predicted octanol–water partition coefficient (Wildman–Crippen LogP) is 2.73. The minimum atomic E-state index is -0.467. The van der Waals surface area contributed by atoms with Crippen molar-refractivity contribution in [3.63, 3.8) is 0 Å². The Hall–Kier alpha value is -1.09. The molecular weight excluding hydrogens is 200 g/mol. The lowest BCUT2D eigenvalue weighted by molar-refractivity contribution is 0.199. The number of aliphatic hydroxyl groups excluding tert-OH is 1. The van der Waals surface area contributed by atoms with Gasteiger partial charge in [-0.25, -0.2) is 0 Å². The molecule has 2 rings (SSSR count). The van der Waals surface area contributed by atoms with Gasteiger partial charge in [-0.15, -0.1) is 0 Å². The van der Waals surface area contributed by atoms with E-state index < -0.39 is 6.10 Å². The van der Waals surface area contributed by atoms with Gasteiger partial charge in [-0.05, 0) is 37.3 Å². The first-order chi connectivity index (χ1) is 7.79. The van der Waals surface area contributed by atoms with E-state index in [0.717, 1.165) is 18.5 Å². The topological polar surface area (TPSA) is 38.0 Å². The van der Waals surface area contributed by atoms with E-state index in [1.165, 1.54) is 31.3 Å². The van der Waals surface area contributed by atoms with Crippen molar-refractivity contribution in [3.05, 3.63) is 29.6 Å². The van der Waals surface area contributed by atoms with Crippen LogP contribution in [0.1, 0.15) is 50.3 Å². The number of hydrogen-bond acceptors (Lipinski definition) is 2. The van der Waals surface area contributed by atoms with E-state index in [-0.39, 0.29) is 0 Å². The Labute approximate surface area is 96.8 Å². The summed E-state index contributed by atoms with van der Waals surface area (Å²) >= 11 is 0. The van der Waals surface area contributed by atoms with Gasteiger partial charge in [0.1, 0.15) is 6.10 Å². The second-order valence-corrected chi connectivity index (χ2v) is 4.51. The van der Waals surface area contributed by atoms with E-state index in [2.05, 4.69) is 11.2 Å². The van der Waals surface area contributed by atoms with Crippen LogP contribution in [-0.2, 0) is 7.05 Å². The molecule has 1 aliphatic carbocycles. The third-order valence-electron chi connectivity index (χ3n) is 3.32. The van der Waals surface area contributed by atoms with Gasteiger partial charge < -0.3 is 5.11 Å². The van der Waals surface area contributed by atoms with Crippen molar-refractivity contribution in [2.45, 2.75) is 44.6 Å². The van der Waals surface area contributed by atoms with E-state index in [1.807, 2.05) is 13.1 Å². The summed E-state index contributed by atoms with van der Waals surface area (Å²) in [4.78, 5) is 0. The zero-order valence-corrected chi connectivity index (χ0v) is 9.89. The summed E-state index contributed by atoms with van der Waals surface area (Å²) in [5, 5.41) is 14.4. The molecule has 1 heterocycles. The fraction of sp³-hybridized carbons (Fsp3) is 0.615. The van der Waals surface area contributed by atoms with Crippen molar-refractivity contribution in [1.82, 2.24) is 9.78 Å². The van der Waals surface area contributed by atoms with E-state index in [4.69, 9.17) is 0 Å². The summed E-state index contributed by atoms with van der Waals surface area (Å²) < 4.78 is 1.75. The molecule has 0 bridgehead atoms. The summed E-state index contributed by atoms with van der Waals surface area (Å²) in [5.74, 6) is 0. The Morgan fingerprint density at radius 3 is 2.88 bits per heavy atom. The highest BCUT2D eigenvalue weighted by atomic mass is 16.3. The molecule has 3 heteroatoms. The fourth-order valence-electron chi connectivity index (χ4n) is 2.31. The largest absolute Gasteiger partial charge is 0.382 e. The number of aromatic nitrogens is 2. The lowest BCUT2D eigenvalue weighted by Crippen LogP contribution is -2.08. The maximum Gasteiger partial charge on any atom is 0.117 e. The molecule has 0 saturated carbocycles. The molecule has 1 aromatic heterocycles. The molecule has 1 unspecified atom stereocenters. The molecule has 1 N–H and O–H groups in total. The van der Waals surface area contributed by atoms with Crippen LogP contribution in [0.4, 0.5) is 0 Å². The monoisotopic (exact) mass is 220 g/mol. The van der Waals surface area contributed by atoms with E-state index >= 15 is 0 Å². The number of aliphatic hydroxyl groups is 1. The van der Waals surface area contributed by atoms with Crippen LogP contribution in [0.2, 0.25) is 0 Å². The molecule has 0 spiro atoms. The summed E-state index contributed by atoms with van der Waals surface area (Å²) in [5.41, 5.74) is 2.06. The number of aryl methyl sites for hydroxylation is 1. The highest BCUT2D eigenvalue weighted by Gasteiger charge is 2.16. The molecular formula is C13H20N2O. The lowest BCUT2D eigenvalue weighted by Gasteiger charge is -2.17. The normalized spacial score (nSPS) is 23.0. The molecule has 0 aromatic carbocycles. The highest BCUT2D eigenvalue weighted by molar-refractivity contribution is 5.19. The van der Waals surface area contributed by atoms with Gasteiger partial charge in [0.2, 0.25) is 0 Å². The Morgan fingerprint density at radius 1 is 1.31 bits per heavy atom. The van der Waals surface area contributed by atoms with E-state index in [9.17, 15) is 5.11 Å². The average Bonchev–Trinajstić information content (AvgIpc) is 2.63. The number of rotatable bonds is 2. The molecule has 0 radical (unpaired) electrons. The van der Waals surface area contributed by atoms with Crippen LogP contribution in [-0.4, -0.2) is 14.9 Å². The molecule has 3 nitrogen and oxygen atoms in total. The highest BCUT2D eigenvalue weighted by Crippen LogP contribution is 2.28. The van der Waals surface area contributed by atoms with Crippen molar-refractivity contribution in [2.24, 2.45) is 7.05 Å². The lowest BCUT2D eigenvalue weighted by atomic mass is 9.95. The maximum atomic E-state index is 10.3. The molecule has 1 aliphatic rings. The van der Waals surface area contributed by atoms with Crippen molar-refractivity contribution in [2.75, 3.05) is 0 Å². The van der Waals surface area contributed by atoms with Crippen LogP contribution in [0.5, 0.6) is 0 Å². The summed E-state index contributed by atoms with van der Waals surface area (Å²) in [6.45, 7) is 0. The van der Waals surface area contributed by atoms with E-state index in [0.29, 0.717) is 0 Å². The molecule has 0 amide bonds. The van der Waals surface area contributed by atoms with Crippen LogP contribution >= 0.6 is 0 Å². The van der Waals surface area contributed by atoms with Gasteiger partial charge in [0.25, 0.3) is 0 Å². The zero-order chi connectivity index (χ0) is 11.4. The fourth-order valence-corrected chi connectivity index (χ4v) is 2.31. The Bertz CT molecular complexity index is 368. The predicted molar refractivity (Wildman–Crippen MR) is 64.0 cm³/mol. The molecule has 88 valence electrons. The van der Waals surface area contributed by atoms with Crippen molar-refractivity contribution < 1.29 is 5.11 Å². The molecule has 0 fully saturated rings. The Morgan fingerprint density at radius 2 is 2.12 bits per heavy atom. The smallest absolute Gasteiger partial charge is 0.117 e. The molecule has 1 aromatic rings. The Balaban J connectivity index is 2.13. The van der Waals surface area contributed by atoms with Crippen LogP contribution in [0.25, 0.3) is 0 Å². The minimum absolute atomic E-state index is 0.467. The van der Waals surface area contributed by atoms with Crippen molar-refractivity contribution in [1.29, 1.82) is 0 Å². The average molecular weight is 220 g/mol. The van der Waals surface area contributed by atoms with Gasteiger partial charge in [0.05, 0.1) is 5.69 Å². The second-order valence-electron chi connectivity index (χ2n) is 4.51. The van der Waals surface area contributed by atoms with Gasteiger partial charge >= 0.3 is 0 Å². The van der Waals surface area contributed by atoms with Gasteiger partial charge in [0.15, 0.2) is 0 Å². The van der Waals surface area contributed by atoms with Gasteiger partial charge in [-0.2, -0.15) is 5.10 Å². The molecule has 0 saturated heterocycles. The van der Waals surface area contributed by atoms with Crippen molar-refractivity contribution in [3.8, 4) is 0 Å². The molecule has 1 atom stereocenters. The van der Waals surface area contributed by atoms with Gasteiger partial charge in [0, 0.05) is 13.2 Å². The first kappa shape index (κ1) is 11.4. The zero-order valence-electron chi connectivity index (χ0n) is 9.89. The van der Waals surface area contributed by atoms with Gasteiger partial charge in [-0.3, -0.25) is 4.68 Å². The Kier molecular flexibility index (Phi) is 3.78. The summed E-state index contributed by atoms with van der Waals surface area (Å²) in [7, 11) is 1.88. The van der Waals surface area contributed by atoms with Crippen LogP contribution < -0.4 is 0 Å². The summed E-state index contributed by atoms with van der Waals surface area (Å²) in [6, 6.07) is 1.89. The second kappa shape index (κ2) is 5.30. The minimum Gasteiger partial charge on any atom is -0.382 e. The third kappa shape index (κ3) is 2.53. The van der Waals surface area contributed by atoms with Crippen molar-refractivity contribution >= 4 is 0 Å². The van der Waals surface area contributed by atoms with Crippen LogP contribution in [0.15, 0.2) is 23.9 Å². The first-order valence-electron chi connectivity index (χ1n) is 6.14. The number of allylic oxidation sites excluding steroid dienone is 1. The maximum absolute atomic E-state index is 10.3. The quantitative estimate of drug-likeness (QED) is 0.778.